The van der Waals surface area contributed by atoms with Gasteiger partial charge in [0.1, 0.15) is 0 Å². The molecule has 0 unspecified atom stereocenters. The van der Waals surface area contributed by atoms with Gasteiger partial charge < -0.3 is 14.8 Å². The Bertz CT molecular complexity index is 627. The molecule has 0 aliphatic heterocycles. The molecule has 2 rings (SSSR count). The number of hydrogen-bond acceptors (Lipinski definition) is 4. The number of methoxy groups -OCH3 is 1. The van der Waals surface area contributed by atoms with Crippen LogP contribution in [0, 0.1) is 5.82 Å². The Balaban J connectivity index is 1.71. The summed E-state index contributed by atoms with van der Waals surface area (Å²) < 4.78 is 23.2. The molecule has 6 heteroatoms. The van der Waals surface area contributed by atoms with Crippen LogP contribution in [0.4, 0.5) is 4.39 Å². The van der Waals surface area contributed by atoms with E-state index >= 15 is 0 Å². The number of hydrogen-bond donors (Lipinski definition) is 1. The quantitative estimate of drug-likeness (QED) is 0.614. The van der Waals surface area contributed by atoms with Crippen LogP contribution in [0.2, 0.25) is 0 Å². The van der Waals surface area contributed by atoms with Crippen LogP contribution in [0.25, 0.3) is 0 Å². The lowest BCUT2D eigenvalue weighted by Gasteiger charge is -2.13. The minimum atomic E-state index is -0.748. The Hall–Kier alpha value is -2.37. The van der Waals surface area contributed by atoms with Gasteiger partial charge in [-0.3, -0.25) is 4.79 Å². The molecule has 0 aromatic heterocycles. The number of carbonyl (C=O) groups excluding carboxylic acids is 2. The molecule has 24 heavy (non-hydrogen) atoms. The second-order valence-corrected chi connectivity index (χ2v) is 5.63. The molecule has 130 valence electrons. The summed E-state index contributed by atoms with van der Waals surface area (Å²) in [4.78, 5) is 23.5. The fraction of sp³-hybridized carbons (Fsp3) is 0.444. The van der Waals surface area contributed by atoms with Gasteiger partial charge in [0.25, 0.3) is 5.91 Å². The van der Waals surface area contributed by atoms with Gasteiger partial charge in [0.15, 0.2) is 18.2 Å². The maximum Gasteiger partial charge on any atom is 0.338 e. The van der Waals surface area contributed by atoms with Crippen molar-refractivity contribution in [2.24, 2.45) is 0 Å². The van der Waals surface area contributed by atoms with Crippen molar-refractivity contribution in [3.05, 3.63) is 41.2 Å². The van der Waals surface area contributed by atoms with E-state index in [0.29, 0.717) is 6.54 Å². The molecule has 0 spiro atoms. The van der Waals surface area contributed by atoms with Crippen molar-refractivity contribution < 1.29 is 23.5 Å². The highest BCUT2D eigenvalue weighted by Crippen LogP contribution is 2.19. The van der Waals surface area contributed by atoms with E-state index in [2.05, 4.69) is 11.4 Å². The molecule has 0 fully saturated rings. The van der Waals surface area contributed by atoms with Crippen LogP contribution in [0.5, 0.6) is 5.75 Å². The first kappa shape index (κ1) is 18.0. The molecule has 1 N–H and O–H groups in total. The van der Waals surface area contributed by atoms with Gasteiger partial charge in [-0.2, -0.15) is 0 Å². The normalized spacial score (nSPS) is 13.8. The number of rotatable bonds is 7. The fourth-order valence-electron chi connectivity index (χ4n) is 2.55. The number of esters is 1. The van der Waals surface area contributed by atoms with Gasteiger partial charge in [-0.05, 0) is 50.3 Å². The zero-order valence-electron chi connectivity index (χ0n) is 13.8. The third kappa shape index (κ3) is 5.37. The number of carbonyl (C=O) groups is 2. The summed E-state index contributed by atoms with van der Waals surface area (Å²) in [6, 6.07) is 3.75. The molecular weight excluding hydrogens is 313 g/mol. The molecule has 1 aliphatic carbocycles. The van der Waals surface area contributed by atoms with Crippen LogP contribution in [-0.2, 0) is 9.53 Å². The molecule has 1 amide bonds. The molecule has 1 aliphatic rings. The highest BCUT2D eigenvalue weighted by Gasteiger charge is 2.13. The number of allylic oxidation sites excluding steroid dienone is 1. The van der Waals surface area contributed by atoms with E-state index in [-0.39, 0.29) is 23.8 Å². The summed E-state index contributed by atoms with van der Waals surface area (Å²) in [6.07, 6.45) is 7.69. The molecule has 0 atom stereocenters. The van der Waals surface area contributed by atoms with E-state index in [1.54, 1.807) is 0 Å². The summed E-state index contributed by atoms with van der Waals surface area (Å²) in [6.45, 7) is 0.144. The molecule has 0 saturated heterocycles. The van der Waals surface area contributed by atoms with E-state index in [9.17, 15) is 14.0 Å². The summed E-state index contributed by atoms with van der Waals surface area (Å²) in [5.74, 6) is -1.73. The number of ether oxygens (including phenoxy) is 2. The van der Waals surface area contributed by atoms with Gasteiger partial charge in [-0.15, -0.1) is 0 Å². The molecule has 1 aromatic rings. The van der Waals surface area contributed by atoms with E-state index in [0.717, 1.165) is 25.3 Å². The third-order valence-electron chi connectivity index (χ3n) is 3.88. The van der Waals surface area contributed by atoms with Crippen molar-refractivity contribution in [3.63, 3.8) is 0 Å². The second-order valence-electron chi connectivity index (χ2n) is 5.63. The molecule has 0 bridgehead atoms. The monoisotopic (exact) mass is 335 g/mol. The predicted molar refractivity (Wildman–Crippen MR) is 87.4 cm³/mol. The maximum atomic E-state index is 13.5. The van der Waals surface area contributed by atoms with Crippen molar-refractivity contribution in [2.75, 3.05) is 20.3 Å². The van der Waals surface area contributed by atoms with E-state index in [4.69, 9.17) is 9.47 Å². The third-order valence-corrected chi connectivity index (χ3v) is 3.88. The predicted octanol–water partition coefficient (Wildman–Crippen LogP) is 3.00. The number of halogens is 1. The zero-order valence-corrected chi connectivity index (χ0v) is 13.8. The highest BCUT2D eigenvalue weighted by molar-refractivity contribution is 5.91. The van der Waals surface area contributed by atoms with Crippen molar-refractivity contribution in [3.8, 4) is 5.75 Å². The first-order valence-corrected chi connectivity index (χ1v) is 8.05. The van der Waals surface area contributed by atoms with E-state index in [1.807, 2.05) is 0 Å². The van der Waals surface area contributed by atoms with Gasteiger partial charge >= 0.3 is 5.97 Å². The molecule has 0 heterocycles. The van der Waals surface area contributed by atoms with Gasteiger partial charge in [-0.1, -0.05) is 11.6 Å². The lowest BCUT2D eigenvalue weighted by Crippen LogP contribution is -2.29. The van der Waals surface area contributed by atoms with Crippen LogP contribution in [0.1, 0.15) is 42.5 Å². The molecular formula is C18H22FNO4. The number of amides is 1. The Morgan fingerprint density at radius 2 is 2.12 bits per heavy atom. The standard InChI is InChI=1S/C18H22FNO4/c1-23-16-8-7-14(11-15(16)19)18(22)24-12-17(21)20-10-9-13-5-3-2-4-6-13/h5,7-8,11H,2-4,6,9-10,12H2,1H3,(H,20,21). The minimum Gasteiger partial charge on any atom is -0.494 e. The van der Waals surface area contributed by atoms with E-state index in [1.165, 1.54) is 37.7 Å². The largest absolute Gasteiger partial charge is 0.494 e. The number of benzene rings is 1. The smallest absolute Gasteiger partial charge is 0.338 e. The second kappa shape index (κ2) is 9.05. The van der Waals surface area contributed by atoms with Crippen LogP contribution in [-0.4, -0.2) is 32.1 Å². The Kier molecular flexibility index (Phi) is 6.78. The highest BCUT2D eigenvalue weighted by atomic mass is 19.1. The lowest BCUT2D eigenvalue weighted by atomic mass is 9.97. The van der Waals surface area contributed by atoms with Crippen LogP contribution < -0.4 is 10.1 Å². The summed E-state index contributed by atoms with van der Waals surface area (Å²) in [5.41, 5.74) is 1.40. The SMILES string of the molecule is COc1ccc(C(=O)OCC(=O)NCCC2=CCCCC2)cc1F. The van der Waals surface area contributed by atoms with Gasteiger partial charge in [0.05, 0.1) is 12.7 Å². The van der Waals surface area contributed by atoms with Crippen molar-refractivity contribution in [1.29, 1.82) is 0 Å². The average Bonchev–Trinajstić information content (AvgIpc) is 2.60. The molecule has 0 saturated carbocycles. The van der Waals surface area contributed by atoms with Crippen molar-refractivity contribution in [2.45, 2.75) is 32.1 Å². The number of nitrogens with one attached hydrogen (secondary N) is 1. The van der Waals surface area contributed by atoms with Crippen LogP contribution in [0.3, 0.4) is 0 Å². The zero-order chi connectivity index (χ0) is 17.4. The average molecular weight is 335 g/mol. The van der Waals surface area contributed by atoms with Crippen molar-refractivity contribution >= 4 is 11.9 Å². The summed E-state index contributed by atoms with van der Waals surface area (Å²) in [7, 11) is 1.34. The lowest BCUT2D eigenvalue weighted by molar-refractivity contribution is -0.124. The summed E-state index contributed by atoms with van der Waals surface area (Å²) in [5, 5.41) is 2.72. The Labute approximate surface area is 140 Å². The summed E-state index contributed by atoms with van der Waals surface area (Å²) >= 11 is 0. The van der Waals surface area contributed by atoms with Gasteiger partial charge in [0.2, 0.25) is 0 Å². The molecule has 5 nitrogen and oxygen atoms in total. The molecule has 1 aromatic carbocycles. The van der Waals surface area contributed by atoms with E-state index < -0.39 is 11.8 Å². The maximum absolute atomic E-state index is 13.5. The first-order valence-electron chi connectivity index (χ1n) is 8.05. The fourth-order valence-corrected chi connectivity index (χ4v) is 2.55. The Morgan fingerprint density at radius 3 is 2.79 bits per heavy atom. The van der Waals surface area contributed by atoms with Gasteiger partial charge in [-0.25, -0.2) is 9.18 Å². The first-order chi connectivity index (χ1) is 11.6. The van der Waals surface area contributed by atoms with Gasteiger partial charge in [0, 0.05) is 6.54 Å². The molecule has 0 radical (unpaired) electrons. The van der Waals surface area contributed by atoms with Crippen LogP contribution in [0.15, 0.2) is 29.8 Å². The van der Waals surface area contributed by atoms with Crippen molar-refractivity contribution in [1.82, 2.24) is 5.32 Å². The topological polar surface area (TPSA) is 64.6 Å². The van der Waals surface area contributed by atoms with Crippen LogP contribution >= 0.6 is 0 Å². The Morgan fingerprint density at radius 1 is 1.29 bits per heavy atom. The minimum absolute atomic E-state index is 0.0356.